The maximum absolute atomic E-state index is 12.1. The van der Waals surface area contributed by atoms with E-state index in [4.69, 9.17) is 0 Å². The second kappa shape index (κ2) is 5.79. The van der Waals surface area contributed by atoms with Crippen molar-refractivity contribution in [2.75, 3.05) is 11.9 Å². The number of nitrogens with zero attached hydrogens (tertiary/aromatic N) is 1. The van der Waals surface area contributed by atoms with Crippen LogP contribution in [-0.4, -0.2) is 23.4 Å². The summed E-state index contributed by atoms with van der Waals surface area (Å²) in [6.45, 7) is 2.65. The maximum atomic E-state index is 12.1. The Bertz CT molecular complexity index is 496. The van der Waals surface area contributed by atoms with Gasteiger partial charge in [0.15, 0.2) is 0 Å². The van der Waals surface area contributed by atoms with Crippen LogP contribution in [0.15, 0.2) is 18.2 Å². The minimum Gasteiger partial charge on any atom is -0.319 e. The molecule has 0 radical (unpaired) electrons. The van der Waals surface area contributed by atoms with E-state index in [1.807, 2.05) is 6.92 Å². The lowest BCUT2D eigenvalue weighted by atomic mass is 10.0. The highest BCUT2D eigenvalue weighted by molar-refractivity contribution is 5.96. The molecule has 0 spiro atoms. The zero-order chi connectivity index (χ0) is 13.8. The van der Waals surface area contributed by atoms with Crippen molar-refractivity contribution in [3.05, 3.63) is 33.9 Å². The highest BCUT2D eigenvalue weighted by Crippen LogP contribution is 2.25. The minimum absolute atomic E-state index is 0.0743. The molecule has 1 heterocycles. The third kappa shape index (κ3) is 3.29. The summed E-state index contributed by atoms with van der Waals surface area (Å²) in [7, 11) is 0. The van der Waals surface area contributed by atoms with Gasteiger partial charge in [0.1, 0.15) is 5.69 Å². The molecule has 6 heteroatoms. The number of piperidine rings is 1. The smallest absolute Gasteiger partial charge is 0.292 e. The first-order valence-corrected chi connectivity index (χ1v) is 6.37. The van der Waals surface area contributed by atoms with Gasteiger partial charge in [0.05, 0.1) is 11.0 Å². The lowest BCUT2D eigenvalue weighted by molar-refractivity contribution is -0.383. The summed E-state index contributed by atoms with van der Waals surface area (Å²) < 4.78 is 0. The van der Waals surface area contributed by atoms with Gasteiger partial charge in [-0.2, -0.15) is 0 Å². The molecule has 1 saturated heterocycles. The predicted molar refractivity (Wildman–Crippen MR) is 72.1 cm³/mol. The van der Waals surface area contributed by atoms with Crippen molar-refractivity contribution in [1.29, 1.82) is 0 Å². The minimum atomic E-state index is -0.483. The lowest BCUT2D eigenvalue weighted by Gasteiger charge is -2.22. The van der Waals surface area contributed by atoms with Crippen LogP contribution >= 0.6 is 0 Å². The number of nitro groups is 1. The third-order valence-electron chi connectivity index (χ3n) is 3.23. The highest BCUT2D eigenvalue weighted by atomic mass is 16.6. The second-order valence-electron chi connectivity index (χ2n) is 4.77. The highest BCUT2D eigenvalue weighted by Gasteiger charge is 2.23. The Morgan fingerprint density at radius 1 is 1.47 bits per heavy atom. The Morgan fingerprint density at radius 2 is 2.26 bits per heavy atom. The molecule has 19 heavy (non-hydrogen) atoms. The zero-order valence-corrected chi connectivity index (χ0v) is 10.8. The van der Waals surface area contributed by atoms with Gasteiger partial charge in [0, 0.05) is 6.07 Å². The molecule has 1 aliphatic rings. The molecule has 1 aliphatic heterocycles. The van der Waals surface area contributed by atoms with Crippen LogP contribution in [0.1, 0.15) is 24.8 Å². The number of carbonyl (C=O) groups excluding carboxylic acids is 1. The van der Waals surface area contributed by atoms with Crippen molar-refractivity contribution >= 4 is 17.3 Å². The summed E-state index contributed by atoms with van der Waals surface area (Å²) in [5.41, 5.74) is 1.06. The molecule has 1 aromatic carbocycles. The van der Waals surface area contributed by atoms with E-state index >= 15 is 0 Å². The number of nitrogens with one attached hydrogen (secondary N) is 2. The van der Waals surface area contributed by atoms with Crippen LogP contribution in [0.25, 0.3) is 0 Å². The Labute approximate surface area is 111 Å². The van der Waals surface area contributed by atoms with E-state index in [1.165, 1.54) is 6.07 Å². The Balaban J connectivity index is 2.15. The summed E-state index contributed by atoms with van der Waals surface area (Å²) >= 11 is 0. The average Bonchev–Trinajstić information content (AvgIpc) is 2.39. The molecule has 0 aliphatic carbocycles. The van der Waals surface area contributed by atoms with E-state index < -0.39 is 4.92 Å². The quantitative estimate of drug-likeness (QED) is 0.645. The van der Waals surface area contributed by atoms with Crippen molar-refractivity contribution < 1.29 is 9.72 Å². The van der Waals surface area contributed by atoms with E-state index in [1.54, 1.807) is 12.1 Å². The molecule has 1 atom stereocenters. The SMILES string of the molecule is Cc1ccc([N+](=O)[O-])c(NC(=O)[C@@H]2CCCCN2)c1. The van der Waals surface area contributed by atoms with E-state index in [0.717, 1.165) is 31.4 Å². The van der Waals surface area contributed by atoms with Crippen molar-refractivity contribution in [3.8, 4) is 0 Å². The number of nitro benzene ring substituents is 1. The fraction of sp³-hybridized carbons (Fsp3) is 0.462. The van der Waals surface area contributed by atoms with Crippen LogP contribution < -0.4 is 10.6 Å². The summed E-state index contributed by atoms with van der Waals surface area (Å²) in [6.07, 6.45) is 2.83. The largest absolute Gasteiger partial charge is 0.319 e. The van der Waals surface area contributed by atoms with E-state index in [2.05, 4.69) is 10.6 Å². The van der Waals surface area contributed by atoms with Crippen LogP contribution in [0.4, 0.5) is 11.4 Å². The van der Waals surface area contributed by atoms with Crippen LogP contribution in [-0.2, 0) is 4.79 Å². The van der Waals surface area contributed by atoms with Gasteiger partial charge in [-0.1, -0.05) is 12.5 Å². The third-order valence-corrected chi connectivity index (χ3v) is 3.23. The van der Waals surface area contributed by atoms with Gasteiger partial charge in [0.2, 0.25) is 5.91 Å². The van der Waals surface area contributed by atoms with Crippen LogP contribution in [0.5, 0.6) is 0 Å². The normalized spacial score (nSPS) is 18.9. The summed E-state index contributed by atoms with van der Waals surface area (Å²) in [4.78, 5) is 22.5. The van der Waals surface area contributed by atoms with Gasteiger partial charge in [-0.3, -0.25) is 14.9 Å². The molecule has 2 rings (SSSR count). The number of anilines is 1. The van der Waals surface area contributed by atoms with Crippen LogP contribution in [0, 0.1) is 17.0 Å². The van der Waals surface area contributed by atoms with Crippen LogP contribution in [0.2, 0.25) is 0 Å². The topological polar surface area (TPSA) is 84.3 Å². The maximum Gasteiger partial charge on any atom is 0.292 e. The molecule has 102 valence electrons. The van der Waals surface area contributed by atoms with Gasteiger partial charge in [-0.25, -0.2) is 0 Å². The van der Waals surface area contributed by atoms with Gasteiger partial charge in [-0.05, 0) is 37.9 Å². The summed E-state index contributed by atoms with van der Waals surface area (Å²) in [5, 5.41) is 16.7. The standard InChI is InChI=1S/C13H17N3O3/c1-9-5-6-12(16(18)19)11(8-9)15-13(17)10-4-2-3-7-14-10/h5-6,8,10,14H,2-4,7H2,1H3,(H,15,17)/t10-/m0/s1. The summed E-state index contributed by atoms with van der Waals surface area (Å²) in [6, 6.07) is 4.44. The molecule has 0 saturated carbocycles. The first-order valence-electron chi connectivity index (χ1n) is 6.37. The number of rotatable bonds is 3. The zero-order valence-electron chi connectivity index (χ0n) is 10.8. The molecule has 1 fully saturated rings. The number of hydrogen-bond acceptors (Lipinski definition) is 4. The van der Waals surface area contributed by atoms with Crippen molar-refractivity contribution in [1.82, 2.24) is 5.32 Å². The first kappa shape index (κ1) is 13.5. The number of benzene rings is 1. The van der Waals surface area contributed by atoms with Gasteiger partial charge >= 0.3 is 0 Å². The molecule has 6 nitrogen and oxygen atoms in total. The molecule has 1 aromatic rings. The molecular formula is C13H17N3O3. The lowest BCUT2D eigenvalue weighted by Crippen LogP contribution is -2.43. The van der Waals surface area contributed by atoms with Gasteiger partial charge in [0.25, 0.3) is 5.69 Å². The van der Waals surface area contributed by atoms with Gasteiger partial charge < -0.3 is 10.6 Å². The molecule has 0 bridgehead atoms. The Kier molecular flexibility index (Phi) is 4.11. The Hall–Kier alpha value is -1.95. The van der Waals surface area contributed by atoms with Crippen LogP contribution in [0.3, 0.4) is 0 Å². The molecule has 1 amide bonds. The van der Waals surface area contributed by atoms with Crippen molar-refractivity contribution in [2.24, 2.45) is 0 Å². The van der Waals surface area contributed by atoms with Gasteiger partial charge in [-0.15, -0.1) is 0 Å². The predicted octanol–water partition coefficient (Wildman–Crippen LogP) is 1.98. The van der Waals surface area contributed by atoms with E-state index in [-0.39, 0.29) is 23.3 Å². The fourth-order valence-corrected chi connectivity index (χ4v) is 2.20. The molecule has 2 N–H and O–H groups in total. The second-order valence-corrected chi connectivity index (χ2v) is 4.77. The van der Waals surface area contributed by atoms with Crippen molar-refractivity contribution in [2.45, 2.75) is 32.2 Å². The Morgan fingerprint density at radius 3 is 2.89 bits per heavy atom. The number of aryl methyl sites for hydroxylation is 1. The number of hydrogen-bond donors (Lipinski definition) is 2. The van der Waals surface area contributed by atoms with E-state index in [0.29, 0.717) is 0 Å². The first-order chi connectivity index (χ1) is 9.08. The molecule has 0 aromatic heterocycles. The number of amides is 1. The summed E-state index contributed by atoms with van der Waals surface area (Å²) in [5.74, 6) is -0.201. The fourth-order valence-electron chi connectivity index (χ4n) is 2.20. The monoisotopic (exact) mass is 263 g/mol. The van der Waals surface area contributed by atoms with Crippen molar-refractivity contribution in [3.63, 3.8) is 0 Å². The number of carbonyl (C=O) groups is 1. The molecular weight excluding hydrogens is 246 g/mol. The van der Waals surface area contributed by atoms with E-state index in [9.17, 15) is 14.9 Å². The molecule has 0 unspecified atom stereocenters. The average molecular weight is 263 g/mol.